The van der Waals surface area contributed by atoms with Crippen molar-refractivity contribution in [1.82, 2.24) is 49.8 Å². The highest BCUT2D eigenvalue weighted by Crippen LogP contribution is 2.27. The Morgan fingerprint density at radius 2 is 0.861 bits per heavy atom. The molecule has 0 aliphatic rings. The Bertz CT molecular complexity index is 3510. The van der Waals surface area contributed by atoms with Gasteiger partial charge in [0.2, 0.25) is 10.6 Å². The van der Waals surface area contributed by atoms with Crippen LogP contribution in [0.3, 0.4) is 0 Å². The van der Waals surface area contributed by atoms with Crippen LogP contribution in [0.5, 0.6) is 0 Å². The normalized spacial score (nSPS) is 10.4. The SMILES string of the molecule is CCN(CC)CC.Cc1cc2c(Cl)nc(Cl)nc2[nH]1.Cc1cc2c(NCc3ccccc3)nc(-c3ccccc3)nc2[nH]1.Cc1cc2c(NCc3ccccc3)nc(Cl)nc2[nH]1.NCc1ccccc1.OB(O)c1ccccc1. The number of H-pyrrole nitrogens is 3. The number of anilines is 2. The van der Waals surface area contributed by atoms with Crippen molar-refractivity contribution in [2.45, 2.75) is 61.2 Å². The highest BCUT2D eigenvalue weighted by atomic mass is 35.5. The standard InChI is InChI=1S/C20H18N4.C14H13ClN4.C7H5Cl2N3.C7H9N.C6H7BO2.C6H15N/c1-14-12-17-19(21-13-15-8-4-2-5-9-15)23-18(24-20(17)22-14)16-10-6-3-7-11-16;1-9-7-11-12(18-14(15)19-13(11)17-9)16-8-10-5-3-2-4-6-10;1-3-2-4-5(8)11-7(9)12-6(4)10-3;8-6-7-4-2-1-3-5-7;8-7(9)6-4-2-1-3-5-6;1-4-7(5-2)6-3/h2-12H,13H2,1H3,(H2,21,22,23,24);2-7H,8H2,1H3,(H2,16,17,18,19);2H,1H3,(H,10,11,12);1-5H,6,8H2;1-5,8-9H;4-6H2,1-3H3. The molecular weight excluding hydrogens is 1050 g/mol. The number of aromatic nitrogens is 9. The second kappa shape index (κ2) is 31.7. The Morgan fingerprint density at radius 3 is 1.27 bits per heavy atom. The van der Waals surface area contributed by atoms with E-state index in [1.165, 1.54) is 36.3 Å². The summed E-state index contributed by atoms with van der Waals surface area (Å²) >= 11 is 17.4. The summed E-state index contributed by atoms with van der Waals surface area (Å²) < 4.78 is 0. The average molecular weight is 1120 g/mol. The summed E-state index contributed by atoms with van der Waals surface area (Å²) in [6, 6.07) is 55.1. The molecule has 0 unspecified atom stereocenters. The Hall–Kier alpha value is -7.67. The first kappa shape index (κ1) is 60.6. The third kappa shape index (κ3) is 19.3. The Labute approximate surface area is 477 Å². The molecule has 0 saturated heterocycles. The number of halogens is 3. The maximum Gasteiger partial charge on any atom is 0.488 e. The predicted octanol–water partition coefficient (Wildman–Crippen LogP) is 12.5. The molecule has 408 valence electrons. The number of aryl methyl sites for hydroxylation is 3. The number of fused-ring (bicyclic) bond motifs is 3. The van der Waals surface area contributed by atoms with Crippen LogP contribution in [0, 0.1) is 20.8 Å². The molecular formula is C60H67BCl3N13O2. The molecule has 0 saturated carbocycles. The van der Waals surface area contributed by atoms with Crippen LogP contribution < -0.4 is 21.8 Å². The van der Waals surface area contributed by atoms with Crippen molar-refractivity contribution < 1.29 is 10.0 Å². The quantitative estimate of drug-likeness (QED) is 0.0326. The minimum atomic E-state index is -1.34. The third-order valence-electron chi connectivity index (χ3n) is 11.9. The molecule has 11 aromatic rings. The molecule has 6 heterocycles. The van der Waals surface area contributed by atoms with Crippen LogP contribution in [0.15, 0.2) is 170 Å². The van der Waals surface area contributed by atoms with Crippen molar-refractivity contribution in [1.29, 1.82) is 0 Å². The van der Waals surface area contributed by atoms with Gasteiger partial charge in [0.1, 0.15) is 33.7 Å². The molecule has 9 N–H and O–H groups in total. The minimum Gasteiger partial charge on any atom is -0.423 e. The fourth-order valence-corrected chi connectivity index (χ4v) is 8.40. The monoisotopic (exact) mass is 1120 g/mol. The second-order valence-corrected chi connectivity index (χ2v) is 18.8. The van der Waals surface area contributed by atoms with Crippen LogP contribution in [-0.4, -0.2) is 86.6 Å². The number of rotatable bonds is 12. The minimum absolute atomic E-state index is 0.161. The van der Waals surface area contributed by atoms with Gasteiger partial charge in [-0.15, -0.1) is 0 Å². The highest BCUT2D eigenvalue weighted by Gasteiger charge is 2.13. The number of benzene rings is 5. The Kier molecular flexibility index (Phi) is 24.3. The summed E-state index contributed by atoms with van der Waals surface area (Å²) in [4.78, 5) is 37.5. The van der Waals surface area contributed by atoms with Crippen molar-refractivity contribution in [2.75, 3.05) is 30.3 Å². The second-order valence-electron chi connectivity index (χ2n) is 17.8. The Morgan fingerprint density at radius 1 is 0.481 bits per heavy atom. The van der Waals surface area contributed by atoms with Gasteiger partial charge in [0.25, 0.3) is 0 Å². The van der Waals surface area contributed by atoms with Gasteiger partial charge in [-0.25, -0.2) is 19.9 Å². The number of hydrogen-bond acceptors (Lipinski definition) is 12. The fraction of sp³-hybridized carbons (Fsp3) is 0.200. The molecule has 0 amide bonds. The average Bonchev–Trinajstić information content (AvgIpc) is 4.24. The van der Waals surface area contributed by atoms with E-state index in [4.69, 9.17) is 55.6 Å². The lowest BCUT2D eigenvalue weighted by atomic mass is 9.81. The summed E-state index contributed by atoms with van der Waals surface area (Å²) in [5.74, 6) is 2.33. The third-order valence-corrected chi connectivity index (χ3v) is 12.5. The largest absolute Gasteiger partial charge is 0.488 e. The van der Waals surface area contributed by atoms with Crippen LogP contribution in [0.1, 0.15) is 54.5 Å². The van der Waals surface area contributed by atoms with E-state index in [9.17, 15) is 0 Å². The molecule has 5 aromatic carbocycles. The fourth-order valence-electron chi connectivity index (χ4n) is 7.79. The van der Waals surface area contributed by atoms with Gasteiger partial charge in [-0.1, -0.05) is 184 Å². The van der Waals surface area contributed by atoms with Gasteiger partial charge in [-0.2, -0.15) is 9.97 Å². The highest BCUT2D eigenvalue weighted by molar-refractivity contribution is 6.58. The molecule has 0 bridgehead atoms. The first-order valence-corrected chi connectivity index (χ1v) is 27.0. The van der Waals surface area contributed by atoms with E-state index in [0.29, 0.717) is 29.4 Å². The molecule has 15 nitrogen and oxygen atoms in total. The van der Waals surface area contributed by atoms with Crippen molar-refractivity contribution in [2.24, 2.45) is 5.73 Å². The van der Waals surface area contributed by atoms with Crippen LogP contribution in [0.25, 0.3) is 44.5 Å². The van der Waals surface area contributed by atoms with Crippen LogP contribution >= 0.6 is 34.8 Å². The van der Waals surface area contributed by atoms with E-state index in [0.717, 1.165) is 74.1 Å². The van der Waals surface area contributed by atoms with E-state index < -0.39 is 7.12 Å². The van der Waals surface area contributed by atoms with Gasteiger partial charge in [0, 0.05) is 42.3 Å². The zero-order valence-electron chi connectivity index (χ0n) is 45.2. The molecule has 0 atom stereocenters. The zero-order chi connectivity index (χ0) is 56.5. The van der Waals surface area contributed by atoms with Crippen LogP contribution in [0.4, 0.5) is 11.6 Å². The van der Waals surface area contributed by atoms with Crippen molar-refractivity contribution >= 4 is 92.1 Å². The molecule has 79 heavy (non-hydrogen) atoms. The zero-order valence-corrected chi connectivity index (χ0v) is 47.5. The van der Waals surface area contributed by atoms with Gasteiger partial charge in [-0.05, 0) is 104 Å². The van der Waals surface area contributed by atoms with E-state index in [2.05, 4.69) is 107 Å². The maximum atomic E-state index is 8.58. The summed E-state index contributed by atoms with van der Waals surface area (Å²) in [6.45, 7) is 18.1. The van der Waals surface area contributed by atoms with Crippen molar-refractivity contribution in [3.8, 4) is 11.4 Å². The summed E-state index contributed by atoms with van der Waals surface area (Å²) in [7, 11) is -1.34. The van der Waals surface area contributed by atoms with E-state index in [-0.39, 0.29) is 10.6 Å². The number of nitrogens with one attached hydrogen (secondary N) is 5. The first-order chi connectivity index (χ1) is 38.3. The van der Waals surface area contributed by atoms with Crippen molar-refractivity contribution in [3.63, 3.8) is 0 Å². The number of nitrogens with two attached hydrogens (primary N) is 1. The summed E-state index contributed by atoms with van der Waals surface area (Å²) in [5.41, 5.74) is 15.9. The van der Waals surface area contributed by atoms with Gasteiger partial charge in [-0.3, -0.25) is 0 Å². The first-order valence-electron chi connectivity index (χ1n) is 25.8. The maximum absolute atomic E-state index is 8.58. The summed E-state index contributed by atoms with van der Waals surface area (Å²) in [6.07, 6.45) is 0. The lowest BCUT2D eigenvalue weighted by Crippen LogP contribution is -2.29. The molecule has 0 aliphatic carbocycles. The number of nitrogens with zero attached hydrogens (tertiary/aromatic N) is 7. The molecule has 19 heteroatoms. The molecule has 6 aromatic heterocycles. The van der Waals surface area contributed by atoms with E-state index in [1.54, 1.807) is 24.3 Å². The smallest absolute Gasteiger partial charge is 0.423 e. The van der Waals surface area contributed by atoms with Crippen LogP contribution in [0.2, 0.25) is 15.7 Å². The van der Waals surface area contributed by atoms with E-state index >= 15 is 0 Å². The summed E-state index contributed by atoms with van der Waals surface area (Å²) in [5, 5.41) is 27.5. The lowest BCUT2D eigenvalue weighted by molar-refractivity contribution is 0.321. The van der Waals surface area contributed by atoms with Gasteiger partial charge < -0.3 is 46.3 Å². The molecule has 0 fully saturated rings. The Balaban J connectivity index is 0.000000163. The molecule has 11 rings (SSSR count). The number of aromatic amines is 3. The topological polar surface area (TPSA) is 218 Å². The molecule has 0 aliphatic heterocycles. The molecule has 0 spiro atoms. The predicted molar refractivity (Wildman–Crippen MR) is 328 cm³/mol. The van der Waals surface area contributed by atoms with Crippen LogP contribution in [-0.2, 0) is 19.6 Å². The lowest BCUT2D eigenvalue weighted by Gasteiger charge is -2.13. The van der Waals surface area contributed by atoms with Gasteiger partial charge in [0.15, 0.2) is 5.82 Å². The molecule has 0 radical (unpaired) electrons. The van der Waals surface area contributed by atoms with E-state index in [1.807, 2.05) is 136 Å². The van der Waals surface area contributed by atoms with Gasteiger partial charge in [0.05, 0.1) is 16.2 Å². The van der Waals surface area contributed by atoms with Crippen molar-refractivity contribution in [3.05, 3.63) is 219 Å². The number of hydrogen-bond donors (Lipinski definition) is 8. The van der Waals surface area contributed by atoms with Gasteiger partial charge >= 0.3 is 7.12 Å².